The summed E-state index contributed by atoms with van der Waals surface area (Å²) in [5, 5.41) is 10.7. The number of carbonyl (C=O) groups is 1. The van der Waals surface area contributed by atoms with Gasteiger partial charge in [-0.15, -0.1) is 10.2 Å². The highest BCUT2D eigenvalue weighted by molar-refractivity contribution is 7.14. The van der Waals surface area contributed by atoms with Crippen molar-refractivity contribution in [2.75, 3.05) is 20.2 Å². The molecule has 138 valence electrons. The molecule has 1 aliphatic heterocycles. The number of amides is 1. The number of nitrogens with zero attached hydrogens (tertiary/aromatic N) is 4. The van der Waals surface area contributed by atoms with Crippen molar-refractivity contribution in [3.63, 3.8) is 0 Å². The summed E-state index contributed by atoms with van der Waals surface area (Å²) in [6.07, 6.45) is 5.11. The van der Waals surface area contributed by atoms with Crippen LogP contribution in [-0.4, -0.2) is 46.2 Å². The predicted octanol–water partition coefficient (Wildman–Crippen LogP) is 3.63. The van der Waals surface area contributed by atoms with E-state index in [1.54, 1.807) is 43.0 Å². The molecule has 0 radical (unpaired) electrons. The lowest BCUT2D eigenvalue weighted by Gasteiger charge is -2.31. The molecule has 3 aromatic rings. The first kappa shape index (κ1) is 17.6. The van der Waals surface area contributed by atoms with Gasteiger partial charge in [-0.1, -0.05) is 23.5 Å². The highest BCUT2D eigenvalue weighted by Gasteiger charge is 2.27. The number of likely N-dealkylation sites (tertiary alicyclic amines) is 1. The van der Waals surface area contributed by atoms with E-state index < -0.39 is 0 Å². The van der Waals surface area contributed by atoms with Crippen LogP contribution in [0.25, 0.3) is 10.6 Å². The molecule has 27 heavy (non-hydrogen) atoms. The predicted molar refractivity (Wildman–Crippen MR) is 104 cm³/mol. The summed E-state index contributed by atoms with van der Waals surface area (Å²) < 4.78 is 5.43. The van der Waals surface area contributed by atoms with Gasteiger partial charge in [0.2, 0.25) is 0 Å². The minimum atomic E-state index is 0.0721. The smallest absolute Gasteiger partial charge is 0.253 e. The molecule has 2 aromatic heterocycles. The highest BCUT2D eigenvalue weighted by atomic mass is 32.1. The van der Waals surface area contributed by atoms with Crippen LogP contribution in [0.3, 0.4) is 0 Å². The third-order valence-corrected chi connectivity index (χ3v) is 5.96. The van der Waals surface area contributed by atoms with Gasteiger partial charge in [-0.2, -0.15) is 0 Å². The minimum absolute atomic E-state index is 0.0721. The van der Waals surface area contributed by atoms with Gasteiger partial charge in [-0.05, 0) is 37.1 Å². The molecular weight excluding hydrogens is 360 g/mol. The number of methoxy groups -OCH3 is 1. The van der Waals surface area contributed by atoms with Crippen LogP contribution >= 0.6 is 11.3 Å². The van der Waals surface area contributed by atoms with E-state index in [0.29, 0.717) is 11.5 Å². The number of aromatic nitrogens is 3. The molecule has 7 heteroatoms. The summed E-state index contributed by atoms with van der Waals surface area (Å²) in [7, 11) is 1.66. The third-order valence-electron chi connectivity index (χ3n) is 4.84. The van der Waals surface area contributed by atoms with Gasteiger partial charge < -0.3 is 9.64 Å². The zero-order valence-corrected chi connectivity index (χ0v) is 15.9. The van der Waals surface area contributed by atoms with Gasteiger partial charge in [0.25, 0.3) is 5.91 Å². The molecule has 1 amide bonds. The quantitative estimate of drug-likeness (QED) is 0.691. The Hall–Kier alpha value is -2.80. The molecule has 0 unspecified atom stereocenters. The number of carbonyl (C=O) groups excluding carboxylic acids is 1. The maximum absolute atomic E-state index is 12.6. The Morgan fingerprint density at radius 3 is 2.59 bits per heavy atom. The third kappa shape index (κ3) is 3.68. The van der Waals surface area contributed by atoms with Crippen molar-refractivity contribution < 1.29 is 9.53 Å². The van der Waals surface area contributed by atoms with Crippen molar-refractivity contribution in [3.8, 4) is 16.3 Å². The highest BCUT2D eigenvalue weighted by Crippen LogP contribution is 2.36. The number of ether oxygens (including phenoxy) is 1. The van der Waals surface area contributed by atoms with E-state index >= 15 is 0 Å². The van der Waals surface area contributed by atoms with Crippen LogP contribution in [0.2, 0.25) is 0 Å². The van der Waals surface area contributed by atoms with Crippen LogP contribution in [0.5, 0.6) is 5.75 Å². The number of rotatable bonds is 4. The SMILES string of the molecule is COc1ccccc1-c1nnc(C2CCN(C(=O)c3ccncc3)CC2)s1. The lowest BCUT2D eigenvalue weighted by atomic mass is 9.97. The normalized spacial score (nSPS) is 14.9. The summed E-state index contributed by atoms with van der Waals surface area (Å²) in [4.78, 5) is 18.4. The van der Waals surface area contributed by atoms with Crippen molar-refractivity contribution in [2.45, 2.75) is 18.8 Å². The first-order valence-electron chi connectivity index (χ1n) is 8.92. The minimum Gasteiger partial charge on any atom is -0.496 e. The van der Waals surface area contributed by atoms with Crippen LogP contribution in [0.4, 0.5) is 0 Å². The Bertz CT molecular complexity index is 920. The second-order valence-corrected chi connectivity index (χ2v) is 7.46. The summed E-state index contributed by atoms with van der Waals surface area (Å²) in [6, 6.07) is 11.4. The van der Waals surface area contributed by atoms with Gasteiger partial charge in [-0.3, -0.25) is 9.78 Å². The Balaban J connectivity index is 1.43. The molecule has 0 atom stereocenters. The molecule has 4 rings (SSSR count). The molecule has 3 heterocycles. The summed E-state index contributed by atoms with van der Waals surface area (Å²) in [6.45, 7) is 1.46. The molecule has 1 saturated heterocycles. The molecule has 1 fully saturated rings. The van der Waals surface area contributed by atoms with Crippen molar-refractivity contribution in [1.29, 1.82) is 0 Å². The van der Waals surface area contributed by atoms with Crippen molar-refractivity contribution in [3.05, 3.63) is 59.4 Å². The average molecular weight is 380 g/mol. The molecular formula is C20H20N4O2S. The van der Waals surface area contributed by atoms with Gasteiger partial charge in [0.15, 0.2) is 5.01 Å². The molecule has 0 spiro atoms. The number of piperidine rings is 1. The Morgan fingerprint density at radius 1 is 1.11 bits per heavy atom. The monoisotopic (exact) mass is 380 g/mol. The maximum Gasteiger partial charge on any atom is 0.253 e. The number of hydrogen-bond donors (Lipinski definition) is 0. The van der Waals surface area contributed by atoms with E-state index in [4.69, 9.17) is 4.74 Å². The second kappa shape index (κ2) is 7.84. The molecule has 0 bridgehead atoms. The number of benzene rings is 1. The molecule has 0 aliphatic carbocycles. The zero-order valence-electron chi connectivity index (χ0n) is 15.0. The molecule has 0 N–H and O–H groups in total. The van der Waals surface area contributed by atoms with E-state index in [0.717, 1.165) is 47.3 Å². The van der Waals surface area contributed by atoms with E-state index in [2.05, 4.69) is 15.2 Å². The van der Waals surface area contributed by atoms with E-state index in [-0.39, 0.29) is 5.91 Å². The average Bonchev–Trinajstić information content (AvgIpc) is 3.24. The van der Waals surface area contributed by atoms with Gasteiger partial charge in [0.05, 0.1) is 12.7 Å². The van der Waals surface area contributed by atoms with E-state index in [1.165, 1.54) is 0 Å². The molecule has 0 saturated carbocycles. The van der Waals surface area contributed by atoms with Gasteiger partial charge in [0.1, 0.15) is 10.8 Å². The molecule has 1 aromatic carbocycles. The van der Waals surface area contributed by atoms with Gasteiger partial charge >= 0.3 is 0 Å². The van der Waals surface area contributed by atoms with E-state index in [1.807, 2.05) is 29.2 Å². The molecule has 1 aliphatic rings. The lowest BCUT2D eigenvalue weighted by Crippen LogP contribution is -2.37. The van der Waals surface area contributed by atoms with Crippen molar-refractivity contribution in [1.82, 2.24) is 20.1 Å². The first-order chi connectivity index (χ1) is 13.3. The number of para-hydroxylation sites is 1. The Labute approximate surface area is 161 Å². The summed E-state index contributed by atoms with van der Waals surface area (Å²) in [5.74, 6) is 1.22. The largest absolute Gasteiger partial charge is 0.496 e. The van der Waals surface area contributed by atoms with Crippen LogP contribution in [-0.2, 0) is 0 Å². The fourth-order valence-electron chi connectivity index (χ4n) is 3.34. The fourth-order valence-corrected chi connectivity index (χ4v) is 4.38. The fraction of sp³-hybridized carbons (Fsp3) is 0.300. The van der Waals surface area contributed by atoms with E-state index in [9.17, 15) is 4.79 Å². The topological polar surface area (TPSA) is 68.2 Å². The van der Waals surface area contributed by atoms with Crippen molar-refractivity contribution >= 4 is 17.2 Å². The lowest BCUT2D eigenvalue weighted by molar-refractivity contribution is 0.0712. The zero-order chi connectivity index (χ0) is 18.6. The van der Waals surface area contributed by atoms with Crippen molar-refractivity contribution in [2.24, 2.45) is 0 Å². The maximum atomic E-state index is 12.6. The second-order valence-electron chi connectivity index (χ2n) is 6.45. The van der Waals surface area contributed by atoms with Crippen LogP contribution in [0, 0.1) is 0 Å². The van der Waals surface area contributed by atoms with Crippen LogP contribution in [0.1, 0.15) is 34.1 Å². The number of hydrogen-bond acceptors (Lipinski definition) is 6. The van der Waals surface area contributed by atoms with Crippen LogP contribution in [0.15, 0.2) is 48.8 Å². The summed E-state index contributed by atoms with van der Waals surface area (Å²) >= 11 is 1.61. The van der Waals surface area contributed by atoms with Gasteiger partial charge in [0, 0.05) is 37.0 Å². The Kier molecular flexibility index (Phi) is 5.11. The standard InChI is InChI=1S/C20H20N4O2S/c1-26-17-5-3-2-4-16(17)19-23-22-18(27-19)14-8-12-24(13-9-14)20(25)15-6-10-21-11-7-15/h2-7,10-11,14H,8-9,12-13H2,1H3. The summed E-state index contributed by atoms with van der Waals surface area (Å²) in [5.41, 5.74) is 1.66. The molecule has 6 nitrogen and oxygen atoms in total. The first-order valence-corrected chi connectivity index (χ1v) is 9.74. The number of pyridine rings is 1. The van der Waals surface area contributed by atoms with Gasteiger partial charge in [-0.25, -0.2) is 0 Å². The Morgan fingerprint density at radius 2 is 1.85 bits per heavy atom. The van der Waals surface area contributed by atoms with Crippen LogP contribution < -0.4 is 4.74 Å².